The summed E-state index contributed by atoms with van der Waals surface area (Å²) in [5.41, 5.74) is 6.10. The molecule has 0 amide bonds. The van der Waals surface area contributed by atoms with E-state index in [4.69, 9.17) is 14.2 Å². The van der Waals surface area contributed by atoms with Crippen LogP contribution in [0.4, 0.5) is 0 Å². The lowest BCUT2D eigenvalue weighted by molar-refractivity contribution is -0.143. The predicted octanol–water partition coefficient (Wildman–Crippen LogP) is 4.31. The highest BCUT2D eigenvalue weighted by molar-refractivity contribution is 5.86. The van der Waals surface area contributed by atoms with E-state index in [1.165, 1.54) is 21.3 Å². The van der Waals surface area contributed by atoms with Crippen LogP contribution in [0.25, 0.3) is 21.8 Å². The van der Waals surface area contributed by atoms with E-state index in [9.17, 15) is 9.90 Å². The summed E-state index contributed by atoms with van der Waals surface area (Å²) >= 11 is 0. The fourth-order valence-corrected chi connectivity index (χ4v) is 5.80. The number of carbonyl (C=O) groups is 1. The van der Waals surface area contributed by atoms with Crippen LogP contribution in [0.5, 0.6) is 17.2 Å². The molecular formula is C31H32N4O5. The first-order valence-electron chi connectivity index (χ1n) is 13.2. The van der Waals surface area contributed by atoms with Gasteiger partial charge in [-0.1, -0.05) is 36.4 Å². The average molecular weight is 541 g/mol. The van der Waals surface area contributed by atoms with E-state index in [1.807, 2.05) is 42.6 Å². The number of rotatable bonds is 8. The molecule has 9 nitrogen and oxygen atoms in total. The molecule has 0 unspecified atom stereocenters. The molecule has 3 aromatic carbocycles. The molecule has 0 radical (unpaired) electrons. The minimum atomic E-state index is -0.585. The molecule has 0 bridgehead atoms. The van der Waals surface area contributed by atoms with Crippen LogP contribution in [0, 0.1) is 0 Å². The highest BCUT2D eigenvalue weighted by Crippen LogP contribution is 2.42. The lowest BCUT2D eigenvalue weighted by Gasteiger charge is -2.34. The first-order valence-corrected chi connectivity index (χ1v) is 13.2. The first kappa shape index (κ1) is 25.8. The number of hydrogen-bond acceptors (Lipinski definition) is 7. The molecule has 6 rings (SSSR count). The number of benzene rings is 3. The molecule has 1 aliphatic rings. The van der Waals surface area contributed by atoms with Gasteiger partial charge in [0.1, 0.15) is 6.04 Å². The highest BCUT2D eigenvalue weighted by atomic mass is 16.5. The number of hydrogen-bond donors (Lipinski definition) is 5. The monoisotopic (exact) mass is 540 g/mol. The number of fused-ring (bicyclic) bond motifs is 4. The quantitative estimate of drug-likeness (QED) is 0.186. The molecule has 3 heterocycles. The number of phenols is 1. The van der Waals surface area contributed by atoms with Crippen LogP contribution >= 0.6 is 0 Å². The van der Waals surface area contributed by atoms with Crippen molar-refractivity contribution in [2.24, 2.45) is 0 Å². The number of esters is 1. The maximum Gasteiger partial charge on any atom is 0.323 e. The van der Waals surface area contributed by atoms with E-state index in [0.717, 1.165) is 44.2 Å². The highest BCUT2D eigenvalue weighted by Gasteiger charge is 2.34. The third-order valence-corrected chi connectivity index (χ3v) is 7.73. The summed E-state index contributed by atoms with van der Waals surface area (Å²) in [5, 5.41) is 20.0. The normalized spacial score (nSPS) is 17.5. The van der Waals surface area contributed by atoms with E-state index < -0.39 is 6.04 Å². The van der Waals surface area contributed by atoms with Crippen molar-refractivity contribution >= 4 is 27.8 Å². The minimum absolute atomic E-state index is 0.0550. The van der Waals surface area contributed by atoms with E-state index in [0.29, 0.717) is 24.3 Å². The zero-order valence-electron chi connectivity index (χ0n) is 22.6. The Balaban J connectivity index is 1.38. The van der Waals surface area contributed by atoms with Crippen LogP contribution in [-0.2, 0) is 22.4 Å². The van der Waals surface area contributed by atoms with Gasteiger partial charge in [-0.25, -0.2) is 0 Å². The number of aromatic amines is 2. The summed E-state index contributed by atoms with van der Waals surface area (Å²) in [6.45, 7) is 0. The second-order valence-corrected chi connectivity index (χ2v) is 10.00. The van der Waals surface area contributed by atoms with Crippen LogP contribution in [0.15, 0.2) is 66.9 Å². The van der Waals surface area contributed by atoms with Crippen LogP contribution in [0.2, 0.25) is 0 Å². The zero-order chi connectivity index (χ0) is 27.8. The van der Waals surface area contributed by atoms with Gasteiger partial charge in [-0.2, -0.15) is 0 Å². The number of phenolic OH excluding ortho intramolecular Hbond substituents is 1. The third-order valence-electron chi connectivity index (χ3n) is 7.73. The second-order valence-electron chi connectivity index (χ2n) is 10.00. The van der Waals surface area contributed by atoms with Crippen molar-refractivity contribution in [1.29, 1.82) is 0 Å². The molecule has 0 fully saturated rings. The van der Waals surface area contributed by atoms with E-state index in [1.54, 1.807) is 12.1 Å². The van der Waals surface area contributed by atoms with Crippen LogP contribution in [0.1, 0.15) is 28.4 Å². The molecule has 5 aromatic rings. The summed E-state index contributed by atoms with van der Waals surface area (Å²) in [5.74, 6) is 0.244. The summed E-state index contributed by atoms with van der Waals surface area (Å²) in [7, 11) is 4.43. The Morgan fingerprint density at radius 1 is 1.00 bits per heavy atom. The van der Waals surface area contributed by atoms with Gasteiger partial charge >= 0.3 is 5.97 Å². The second kappa shape index (κ2) is 10.6. The maximum atomic E-state index is 13.0. The van der Waals surface area contributed by atoms with Crippen molar-refractivity contribution in [1.82, 2.24) is 20.6 Å². The van der Waals surface area contributed by atoms with Gasteiger partial charge in [0, 0.05) is 46.5 Å². The Morgan fingerprint density at radius 2 is 1.68 bits per heavy atom. The van der Waals surface area contributed by atoms with Crippen LogP contribution < -0.4 is 20.1 Å². The summed E-state index contributed by atoms with van der Waals surface area (Å²) in [6.07, 6.45) is 2.79. The molecule has 0 aliphatic carbocycles. The van der Waals surface area contributed by atoms with E-state index in [-0.39, 0.29) is 23.9 Å². The Kier molecular flexibility index (Phi) is 6.83. The lowest BCUT2D eigenvalue weighted by atomic mass is 9.91. The van der Waals surface area contributed by atoms with E-state index in [2.05, 4.69) is 32.7 Å². The smallest absolute Gasteiger partial charge is 0.323 e. The van der Waals surface area contributed by atoms with Crippen molar-refractivity contribution in [3.8, 4) is 17.2 Å². The molecule has 1 aliphatic heterocycles. The molecule has 40 heavy (non-hydrogen) atoms. The summed E-state index contributed by atoms with van der Waals surface area (Å²) < 4.78 is 16.1. The molecule has 9 heteroatoms. The number of carbonyl (C=O) groups excluding carboxylic acids is 1. The van der Waals surface area contributed by atoms with Gasteiger partial charge in [0.2, 0.25) is 5.75 Å². The summed E-state index contributed by atoms with van der Waals surface area (Å²) in [4.78, 5) is 19.9. The number of nitrogens with one attached hydrogen (secondary N) is 4. The van der Waals surface area contributed by atoms with Gasteiger partial charge in [-0.15, -0.1) is 0 Å². The van der Waals surface area contributed by atoms with Crippen molar-refractivity contribution in [2.75, 3.05) is 21.3 Å². The number of aromatic nitrogens is 2. The van der Waals surface area contributed by atoms with Gasteiger partial charge in [-0.3, -0.25) is 15.4 Å². The van der Waals surface area contributed by atoms with Gasteiger partial charge in [0.15, 0.2) is 11.5 Å². The third kappa shape index (κ3) is 4.53. The van der Waals surface area contributed by atoms with Gasteiger partial charge in [0.25, 0.3) is 0 Å². The van der Waals surface area contributed by atoms with Gasteiger partial charge < -0.3 is 29.3 Å². The Labute approximate surface area is 231 Å². The molecule has 2 aromatic heterocycles. The number of para-hydroxylation sites is 2. The molecule has 3 atom stereocenters. The largest absolute Gasteiger partial charge is 0.502 e. The number of ether oxygens (including phenoxy) is 3. The fourth-order valence-electron chi connectivity index (χ4n) is 5.80. The van der Waals surface area contributed by atoms with Crippen molar-refractivity contribution in [3.05, 3.63) is 89.2 Å². The number of aromatic hydroxyl groups is 1. The predicted molar refractivity (Wildman–Crippen MR) is 153 cm³/mol. The lowest BCUT2D eigenvalue weighted by Crippen LogP contribution is -2.55. The molecule has 0 saturated carbocycles. The molecule has 206 valence electrons. The van der Waals surface area contributed by atoms with Crippen LogP contribution in [0.3, 0.4) is 0 Å². The Hall–Kier alpha value is -4.47. The number of methoxy groups -OCH3 is 3. The first-order chi connectivity index (χ1) is 19.5. The number of H-pyrrole nitrogens is 2. The molecule has 0 saturated heterocycles. The van der Waals surface area contributed by atoms with Crippen molar-refractivity contribution in [3.63, 3.8) is 0 Å². The zero-order valence-corrected chi connectivity index (χ0v) is 22.6. The Bertz CT molecular complexity index is 1660. The molecule has 5 N–H and O–H groups in total. The molecular weight excluding hydrogens is 508 g/mol. The van der Waals surface area contributed by atoms with E-state index >= 15 is 0 Å². The van der Waals surface area contributed by atoms with Gasteiger partial charge in [-0.05, 0) is 41.0 Å². The maximum absolute atomic E-state index is 13.0. The van der Waals surface area contributed by atoms with Crippen LogP contribution in [-0.4, -0.2) is 54.6 Å². The summed E-state index contributed by atoms with van der Waals surface area (Å²) in [6, 6.07) is 18.9. The Morgan fingerprint density at radius 3 is 2.38 bits per heavy atom. The van der Waals surface area contributed by atoms with Crippen molar-refractivity contribution < 1.29 is 24.1 Å². The average Bonchev–Trinajstić information content (AvgIpc) is 3.57. The minimum Gasteiger partial charge on any atom is -0.502 e. The topological polar surface area (TPSA) is 121 Å². The fraction of sp³-hybridized carbons (Fsp3) is 0.258. The van der Waals surface area contributed by atoms with Crippen molar-refractivity contribution in [2.45, 2.75) is 31.1 Å². The SMILES string of the molecule is COC(=O)[C@@H](Cc1c[nH]c2ccccc12)N[C@@H]1Cc2c([nH]c3ccccc23)[C@@H](c2cc(OC)c(O)c(OC)c2)N1. The molecule has 0 spiro atoms. The standard InChI is InChI=1S/C31H32N4O5/c1-38-25-13-17(14-26(39-2)30(25)36)28-29-21(20-9-5-7-11-23(20)34-29)15-27(35-28)33-24(31(37)40-3)12-18-16-32-22-10-6-4-8-19(18)22/h4-11,13-14,16,24,27-28,32-36H,12,15H2,1-3H3/t24-,27+,28-/m1/s1. The van der Waals surface area contributed by atoms with Gasteiger partial charge in [0.05, 0.1) is 33.5 Å².